The molecule has 12 heteroatoms. The Morgan fingerprint density at radius 1 is 0.851 bits per heavy atom. The Morgan fingerprint density at radius 2 is 1.49 bits per heavy atom. The van der Waals surface area contributed by atoms with E-state index in [0.29, 0.717) is 17.0 Å². The number of aliphatic hydroxyl groups excluding tert-OH is 1. The monoisotopic (exact) mass is 697 g/mol. The molecule has 0 bridgehead atoms. The number of sulfonamides is 2. The van der Waals surface area contributed by atoms with E-state index in [1.54, 1.807) is 18.2 Å². The maximum absolute atomic E-state index is 13.7. The van der Waals surface area contributed by atoms with Crippen LogP contribution in [0.25, 0.3) is 10.8 Å². The highest BCUT2D eigenvalue weighted by atomic mass is 32.2. The number of benzene rings is 4. The zero-order valence-electron chi connectivity index (χ0n) is 26.8. The van der Waals surface area contributed by atoms with Gasteiger partial charge in [-0.25, -0.2) is 21.6 Å². The number of rotatable bonds is 16. The summed E-state index contributed by atoms with van der Waals surface area (Å²) < 4.78 is 69.4. The van der Waals surface area contributed by atoms with Crippen molar-refractivity contribution in [3.8, 4) is 0 Å². The fraction of sp³-hybridized carbons (Fsp3) is 0.314. The van der Waals surface area contributed by atoms with E-state index in [9.17, 15) is 26.2 Å². The van der Waals surface area contributed by atoms with Crippen molar-refractivity contribution >= 4 is 47.3 Å². The molecule has 4 atom stereocenters. The number of nitrogens with zero attached hydrogens (tertiary/aromatic N) is 1. The quantitative estimate of drug-likeness (QED) is 0.115. The predicted octanol–water partition coefficient (Wildman–Crippen LogP) is 4.57. The summed E-state index contributed by atoms with van der Waals surface area (Å²) in [5.41, 5.74) is 7.13. The Kier molecular flexibility index (Phi) is 12.5. The maximum Gasteiger partial charge on any atom is 0.243 e. The van der Waals surface area contributed by atoms with Crippen molar-refractivity contribution in [3.63, 3.8) is 0 Å². The first-order valence-electron chi connectivity index (χ1n) is 15.3. The van der Waals surface area contributed by atoms with Crippen LogP contribution in [-0.4, -0.2) is 67.7 Å². The standard InChI is InChI=1S/C35H43N3O6S3/c1-26(2)23-38(47(43,44)34-19-15-31(36)16-20-34)24-35(39)30(21-27-9-5-4-6-10-27)13-17-32(37-46(3,41)42)25-45(40)33-18-14-28-11-7-8-12-29(28)22-33/h4-20,22,26,30,32,35,37,39H,21,23-25,36H2,1-3H3/b17-13+/t30-,32+,35-,45?/m1/s1. The maximum atomic E-state index is 13.7. The number of nitrogen functional groups attached to an aromatic ring is 1. The second kappa shape index (κ2) is 16.1. The van der Waals surface area contributed by atoms with Gasteiger partial charge >= 0.3 is 0 Å². The van der Waals surface area contributed by atoms with Gasteiger partial charge in [-0.15, -0.1) is 0 Å². The number of nitrogens with one attached hydrogen (secondary N) is 1. The molecule has 4 aromatic rings. The minimum atomic E-state index is -3.97. The van der Waals surface area contributed by atoms with E-state index in [-0.39, 0.29) is 29.7 Å². The van der Waals surface area contributed by atoms with Gasteiger partial charge in [0.1, 0.15) is 0 Å². The first-order chi connectivity index (χ1) is 22.2. The molecule has 0 amide bonds. The second-order valence-electron chi connectivity index (χ2n) is 12.1. The van der Waals surface area contributed by atoms with E-state index in [0.717, 1.165) is 22.6 Å². The minimum Gasteiger partial charge on any atom is -0.399 e. The van der Waals surface area contributed by atoms with Gasteiger partial charge in [0.2, 0.25) is 20.0 Å². The summed E-state index contributed by atoms with van der Waals surface area (Å²) in [6.45, 7) is 3.78. The first-order valence-corrected chi connectivity index (χ1v) is 20.0. The van der Waals surface area contributed by atoms with Gasteiger partial charge in [0.15, 0.2) is 0 Å². The Labute approximate surface area is 281 Å². The summed E-state index contributed by atoms with van der Waals surface area (Å²) >= 11 is 0. The third-order valence-electron chi connectivity index (χ3n) is 7.56. The zero-order chi connectivity index (χ0) is 34.2. The molecule has 0 radical (unpaired) electrons. The molecule has 0 saturated carbocycles. The van der Waals surface area contributed by atoms with Crippen molar-refractivity contribution in [1.29, 1.82) is 0 Å². The van der Waals surface area contributed by atoms with E-state index in [2.05, 4.69) is 4.72 Å². The highest BCUT2D eigenvalue weighted by Gasteiger charge is 2.30. The molecule has 0 aliphatic heterocycles. The molecule has 4 aromatic carbocycles. The lowest BCUT2D eigenvalue weighted by Gasteiger charge is -2.29. The molecule has 4 N–H and O–H groups in total. The summed E-state index contributed by atoms with van der Waals surface area (Å²) in [5.74, 6) is -0.671. The molecule has 0 aliphatic carbocycles. The Balaban J connectivity index is 1.63. The van der Waals surface area contributed by atoms with E-state index in [4.69, 9.17) is 5.73 Å². The van der Waals surface area contributed by atoms with Gasteiger partial charge < -0.3 is 10.8 Å². The highest BCUT2D eigenvalue weighted by Crippen LogP contribution is 2.23. The zero-order valence-corrected chi connectivity index (χ0v) is 29.2. The van der Waals surface area contributed by atoms with Crippen LogP contribution in [-0.2, 0) is 37.3 Å². The molecule has 0 fully saturated rings. The summed E-state index contributed by atoms with van der Waals surface area (Å²) in [5, 5.41) is 13.6. The van der Waals surface area contributed by atoms with Crippen molar-refractivity contribution in [2.75, 3.05) is 30.8 Å². The summed E-state index contributed by atoms with van der Waals surface area (Å²) in [4.78, 5) is 0.638. The molecule has 0 heterocycles. The van der Waals surface area contributed by atoms with Gasteiger partial charge in [-0.3, -0.25) is 4.21 Å². The Bertz CT molecular complexity index is 1900. The van der Waals surface area contributed by atoms with Crippen LogP contribution in [0, 0.1) is 11.8 Å². The van der Waals surface area contributed by atoms with Gasteiger partial charge in [0, 0.05) is 35.3 Å². The second-order valence-corrected chi connectivity index (χ2v) is 17.3. The molecule has 0 aliphatic rings. The fourth-order valence-corrected chi connectivity index (χ4v) is 8.91. The SMILES string of the molecule is CC(C)CN(C[C@@H](O)[C@H](/C=C/[C@@H](CS(=O)c1ccc2ccccc2c1)NS(C)(=O)=O)Cc1ccccc1)S(=O)(=O)c1ccc(N)cc1. The first kappa shape index (κ1) is 36.4. The van der Waals surface area contributed by atoms with Crippen molar-refractivity contribution in [2.24, 2.45) is 11.8 Å². The number of hydrogen-bond donors (Lipinski definition) is 3. The molecular weight excluding hydrogens is 655 g/mol. The van der Waals surface area contributed by atoms with Gasteiger partial charge in [-0.05, 0) is 65.1 Å². The lowest BCUT2D eigenvalue weighted by molar-refractivity contribution is 0.103. The predicted molar refractivity (Wildman–Crippen MR) is 190 cm³/mol. The fourth-order valence-electron chi connectivity index (χ4n) is 5.28. The summed E-state index contributed by atoms with van der Waals surface area (Å²) in [7, 11) is -9.22. The van der Waals surface area contributed by atoms with Gasteiger partial charge in [-0.1, -0.05) is 86.7 Å². The molecular formula is C35H43N3O6S3. The summed E-state index contributed by atoms with van der Waals surface area (Å²) in [6.07, 6.45) is 3.54. The summed E-state index contributed by atoms with van der Waals surface area (Å²) in [6, 6.07) is 27.7. The number of anilines is 1. The number of fused-ring (bicyclic) bond motifs is 1. The van der Waals surface area contributed by atoms with Gasteiger partial charge in [0.05, 0.1) is 34.1 Å². The van der Waals surface area contributed by atoms with Gasteiger partial charge in [-0.2, -0.15) is 4.31 Å². The van der Waals surface area contributed by atoms with Gasteiger partial charge in [0.25, 0.3) is 0 Å². The topological polar surface area (TPSA) is 147 Å². The average molecular weight is 698 g/mol. The molecule has 1 unspecified atom stereocenters. The van der Waals surface area contributed by atoms with E-state index >= 15 is 0 Å². The van der Waals surface area contributed by atoms with Crippen LogP contribution >= 0.6 is 0 Å². The van der Waals surface area contributed by atoms with Crippen LogP contribution in [0.5, 0.6) is 0 Å². The lowest BCUT2D eigenvalue weighted by atomic mass is 9.92. The third-order valence-corrected chi connectivity index (χ3v) is 11.6. The van der Waals surface area contributed by atoms with Crippen LogP contribution < -0.4 is 10.5 Å². The van der Waals surface area contributed by atoms with E-state index < -0.39 is 48.9 Å². The van der Waals surface area contributed by atoms with Crippen molar-refractivity contribution in [2.45, 2.75) is 42.2 Å². The van der Waals surface area contributed by atoms with Crippen LogP contribution in [0.1, 0.15) is 19.4 Å². The lowest BCUT2D eigenvalue weighted by Crippen LogP contribution is -2.42. The van der Waals surface area contributed by atoms with Crippen LogP contribution in [0.4, 0.5) is 5.69 Å². The molecule has 0 saturated heterocycles. The Morgan fingerprint density at radius 3 is 2.13 bits per heavy atom. The molecule has 0 aromatic heterocycles. The normalized spacial score (nSPS) is 15.3. The van der Waals surface area contributed by atoms with Crippen LogP contribution in [0.2, 0.25) is 0 Å². The molecule has 252 valence electrons. The third kappa shape index (κ3) is 10.8. The molecule has 0 spiro atoms. The van der Waals surface area contributed by atoms with Crippen LogP contribution in [0.15, 0.2) is 119 Å². The number of nitrogens with two attached hydrogens (primary N) is 1. The number of hydrogen-bond acceptors (Lipinski definition) is 7. The van der Waals surface area contributed by atoms with E-state index in [1.165, 1.54) is 28.6 Å². The smallest absolute Gasteiger partial charge is 0.243 e. The van der Waals surface area contributed by atoms with E-state index in [1.807, 2.05) is 80.6 Å². The van der Waals surface area contributed by atoms with Crippen molar-refractivity contribution < 1.29 is 26.2 Å². The highest BCUT2D eigenvalue weighted by molar-refractivity contribution is 7.89. The number of aliphatic hydroxyl groups is 1. The molecule has 4 rings (SSSR count). The minimum absolute atomic E-state index is 0.0256. The largest absolute Gasteiger partial charge is 0.399 e. The van der Waals surface area contributed by atoms with Crippen molar-refractivity contribution in [1.82, 2.24) is 9.03 Å². The molecule has 47 heavy (non-hydrogen) atoms. The average Bonchev–Trinajstić information content (AvgIpc) is 3.02. The van der Waals surface area contributed by atoms with Crippen molar-refractivity contribution in [3.05, 3.63) is 115 Å². The molecule has 9 nitrogen and oxygen atoms in total. The Hall–Kier alpha value is -3.39. The van der Waals surface area contributed by atoms with Crippen LogP contribution in [0.3, 0.4) is 0 Å².